The van der Waals surface area contributed by atoms with Gasteiger partial charge in [0, 0.05) is 18.7 Å². The van der Waals surface area contributed by atoms with Gasteiger partial charge in [0.15, 0.2) is 6.61 Å². The van der Waals surface area contributed by atoms with E-state index in [2.05, 4.69) is 10.6 Å². The minimum absolute atomic E-state index is 0.131. The first-order valence-electron chi connectivity index (χ1n) is 7.14. The number of amides is 2. The van der Waals surface area contributed by atoms with Crippen LogP contribution in [0.25, 0.3) is 0 Å². The van der Waals surface area contributed by atoms with Gasteiger partial charge in [-0.1, -0.05) is 12.8 Å². The summed E-state index contributed by atoms with van der Waals surface area (Å²) in [5, 5.41) is 5.46. The van der Waals surface area contributed by atoms with Crippen molar-refractivity contribution in [3.05, 3.63) is 23.8 Å². The average molecular weight is 291 g/mol. The van der Waals surface area contributed by atoms with E-state index in [0.717, 1.165) is 25.7 Å². The number of nitrogen functional groups attached to an aromatic ring is 1. The second kappa shape index (κ2) is 6.97. The Morgan fingerprint density at radius 1 is 1.33 bits per heavy atom. The molecule has 114 valence electrons. The lowest BCUT2D eigenvalue weighted by Crippen LogP contribution is -2.32. The molecule has 1 aromatic carbocycles. The molecule has 0 radical (unpaired) electrons. The number of rotatable bonds is 5. The lowest BCUT2D eigenvalue weighted by Gasteiger charge is -2.13. The van der Waals surface area contributed by atoms with Crippen molar-refractivity contribution in [2.24, 2.45) is 0 Å². The summed E-state index contributed by atoms with van der Waals surface area (Å²) in [4.78, 5) is 23.4. The summed E-state index contributed by atoms with van der Waals surface area (Å²) in [6.45, 7) is -0.131. The number of carbonyl (C=O) groups is 2. The molecule has 1 aliphatic rings. The van der Waals surface area contributed by atoms with Gasteiger partial charge in [0.25, 0.3) is 11.8 Å². The van der Waals surface area contributed by atoms with Crippen LogP contribution in [0.1, 0.15) is 36.0 Å². The van der Waals surface area contributed by atoms with E-state index in [9.17, 15) is 9.59 Å². The summed E-state index contributed by atoms with van der Waals surface area (Å²) in [7, 11) is 1.53. The predicted octanol–water partition coefficient (Wildman–Crippen LogP) is 1.07. The van der Waals surface area contributed by atoms with Gasteiger partial charge in [-0.25, -0.2) is 0 Å². The Bertz CT molecular complexity index is 525. The van der Waals surface area contributed by atoms with Crippen LogP contribution < -0.4 is 21.1 Å². The molecule has 4 N–H and O–H groups in total. The van der Waals surface area contributed by atoms with Gasteiger partial charge in [-0.3, -0.25) is 9.59 Å². The third-order valence-corrected chi connectivity index (χ3v) is 3.60. The maximum Gasteiger partial charge on any atom is 0.257 e. The van der Waals surface area contributed by atoms with Crippen molar-refractivity contribution in [3.63, 3.8) is 0 Å². The molecular weight excluding hydrogens is 270 g/mol. The molecule has 0 saturated heterocycles. The molecule has 6 nitrogen and oxygen atoms in total. The zero-order valence-electron chi connectivity index (χ0n) is 12.1. The molecule has 0 aromatic heterocycles. The van der Waals surface area contributed by atoms with Crippen molar-refractivity contribution in [2.75, 3.05) is 19.4 Å². The number of ether oxygens (including phenoxy) is 1. The summed E-state index contributed by atoms with van der Waals surface area (Å²) in [6.07, 6.45) is 4.38. The number of nitrogens with one attached hydrogen (secondary N) is 2. The minimum Gasteiger partial charge on any atom is -0.482 e. The third kappa shape index (κ3) is 4.11. The lowest BCUT2D eigenvalue weighted by atomic mass is 10.1. The van der Waals surface area contributed by atoms with Gasteiger partial charge in [-0.05, 0) is 31.0 Å². The Morgan fingerprint density at radius 2 is 2.05 bits per heavy atom. The van der Waals surface area contributed by atoms with E-state index in [1.165, 1.54) is 7.05 Å². The number of hydrogen-bond acceptors (Lipinski definition) is 4. The Hall–Kier alpha value is -2.24. The second-order valence-corrected chi connectivity index (χ2v) is 5.17. The van der Waals surface area contributed by atoms with Crippen LogP contribution in [0.2, 0.25) is 0 Å². The van der Waals surface area contributed by atoms with Crippen LogP contribution in [-0.4, -0.2) is 31.5 Å². The summed E-state index contributed by atoms with van der Waals surface area (Å²) in [5.74, 6) is -0.0421. The van der Waals surface area contributed by atoms with Crippen molar-refractivity contribution in [1.29, 1.82) is 0 Å². The number of benzene rings is 1. The van der Waals surface area contributed by atoms with Crippen LogP contribution in [0.15, 0.2) is 18.2 Å². The van der Waals surface area contributed by atoms with Crippen LogP contribution >= 0.6 is 0 Å². The largest absolute Gasteiger partial charge is 0.482 e. The molecule has 0 bridgehead atoms. The molecule has 2 rings (SSSR count). The molecule has 1 saturated carbocycles. The highest BCUT2D eigenvalue weighted by Crippen LogP contribution is 2.23. The van der Waals surface area contributed by atoms with E-state index in [4.69, 9.17) is 10.5 Å². The van der Waals surface area contributed by atoms with Gasteiger partial charge in [0.2, 0.25) is 0 Å². The molecule has 0 spiro atoms. The number of hydrogen-bond donors (Lipinski definition) is 3. The highest BCUT2D eigenvalue weighted by Gasteiger charge is 2.18. The first-order valence-corrected chi connectivity index (χ1v) is 7.14. The molecule has 0 heterocycles. The predicted molar refractivity (Wildman–Crippen MR) is 80.1 cm³/mol. The summed E-state index contributed by atoms with van der Waals surface area (Å²) in [6, 6.07) is 5.10. The standard InChI is InChI=1S/C15H21N3O3/c1-17-14(19)9-21-13-8-10(6-7-12(13)16)15(20)18-11-4-2-3-5-11/h6-8,11H,2-5,9,16H2,1H3,(H,17,19)(H,18,20). The first-order chi connectivity index (χ1) is 10.1. The maximum atomic E-state index is 12.2. The molecule has 0 unspecified atom stereocenters. The van der Waals surface area contributed by atoms with Gasteiger partial charge in [0.1, 0.15) is 5.75 Å². The van der Waals surface area contributed by atoms with Crippen molar-refractivity contribution in [3.8, 4) is 5.75 Å². The molecule has 1 aliphatic carbocycles. The van der Waals surface area contributed by atoms with Gasteiger partial charge >= 0.3 is 0 Å². The number of nitrogens with two attached hydrogens (primary N) is 1. The molecule has 1 fully saturated rings. The van der Waals surface area contributed by atoms with Gasteiger partial charge in [0.05, 0.1) is 5.69 Å². The average Bonchev–Trinajstić information content (AvgIpc) is 2.98. The summed E-state index contributed by atoms with van der Waals surface area (Å²) < 4.78 is 5.33. The Kier molecular flexibility index (Phi) is 5.03. The van der Waals surface area contributed by atoms with Crippen LogP contribution in [0, 0.1) is 0 Å². The lowest BCUT2D eigenvalue weighted by molar-refractivity contribution is -0.122. The van der Waals surface area contributed by atoms with Crippen molar-refractivity contribution in [2.45, 2.75) is 31.7 Å². The molecule has 0 atom stereocenters. The molecular formula is C15H21N3O3. The van der Waals surface area contributed by atoms with Crippen LogP contribution in [0.3, 0.4) is 0 Å². The SMILES string of the molecule is CNC(=O)COc1cc(C(=O)NC2CCCC2)ccc1N. The molecule has 0 aliphatic heterocycles. The van der Waals surface area contributed by atoms with E-state index in [-0.39, 0.29) is 24.5 Å². The molecule has 1 aromatic rings. The Labute approximate surface area is 124 Å². The van der Waals surface area contributed by atoms with Crippen LogP contribution in [0.5, 0.6) is 5.75 Å². The van der Waals surface area contributed by atoms with Crippen molar-refractivity contribution in [1.82, 2.24) is 10.6 Å². The fourth-order valence-electron chi connectivity index (χ4n) is 2.35. The number of likely N-dealkylation sites (N-methyl/N-ethyl adjacent to an activating group) is 1. The van der Waals surface area contributed by atoms with E-state index in [0.29, 0.717) is 17.0 Å². The number of anilines is 1. The van der Waals surface area contributed by atoms with E-state index in [1.54, 1.807) is 18.2 Å². The fourth-order valence-corrected chi connectivity index (χ4v) is 2.35. The molecule has 21 heavy (non-hydrogen) atoms. The van der Waals surface area contributed by atoms with Crippen LogP contribution in [-0.2, 0) is 4.79 Å². The van der Waals surface area contributed by atoms with Crippen molar-refractivity contribution >= 4 is 17.5 Å². The van der Waals surface area contributed by atoms with Gasteiger partial charge in [-0.15, -0.1) is 0 Å². The number of carbonyl (C=O) groups excluding carboxylic acids is 2. The minimum atomic E-state index is -0.254. The zero-order chi connectivity index (χ0) is 15.2. The second-order valence-electron chi connectivity index (χ2n) is 5.17. The normalized spacial score (nSPS) is 14.7. The monoisotopic (exact) mass is 291 g/mol. The molecule has 2 amide bonds. The highest BCUT2D eigenvalue weighted by molar-refractivity contribution is 5.95. The summed E-state index contributed by atoms with van der Waals surface area (Å²) >= 11 is 0. The third-order valence-electron chi connectivity index (χ3n) is 3.60. The summed E-state index contributed by atoms with van der Waals surface area (Å²) in [5.41, 5.74) is 6.68. The van der Waals surface area contributed by atoms with Crippen molar-refractivity contribution < 1.29 is 14.3 Å². The van der Waals surface area contributed by atoms with Crippen LogP contribution in [0.4, 0.5) is 5.69 Å². The maximum absolute atomic E-state index is 12.2. The highest BCUT2D eigenvalue weighted by atomic mass is 16.5. The van der Waals surface area contributed by atoms with E-state index in [1.807, 2.05) is 0 Å². The topological polar surface area (TPSA) is 93.4 Å². The van der Waals surface area contributed by atoms with Gasteiger partial charge < -0.3 is 21.1 Å². The quantitative estimate of drug-likeness (QED) is 0.707. The van der Waals surface area contributed by atoms with E-state index < -0.39 is 0 Å². The smallest absolute Gasteiger partial charge is 0.257 e. The fraction of sp³-hybridized carbons (Fsp3) is 0.467. The van der Waals surface area contributed by atoms with E-state index >= 15 is 0 Å². The first kappa shape index (κ1) is 15.2. The molecule has 6 heteroatoms. The zero-order valence-corrected chi connectivity index (χ0v) is 12.1. The Morgan fingerprint density at radius 3 is 2.71 bits per heavy atom. The van der Waals surface area contributed by atoms with Gasteiger partial charge in [-0.2, -0.15) is 0 Å². The Balaban J connectivity index is 2.02.